The molecule has 0 radical (unpaired) electrons. The molecule has 0 saturated heterocycles. The first-order chi connectivity index (χ1) is 11.4. The highest BCUT2D eigenvalue weighted by molar-refractivity contribution is 5.86. The summed E-state index contributed by atoms with van der Waals surface area (Å²) in [5.74, 6) is 1.71. The second kappa shape index (κ2) is 8.52. The molecule has 1 aliphatic carbocycles. The molecule has 23 heavy (non-hydrogen) atoms. The normalized spacial score (nSPS) is 21.6. The van der Waals surface area contributed by atoms with Crippen molar-refractivity contribution in [1.82, 2.24) is 0 Å². The van der Waals surface area contributed by atoms with Gasteiger partial charge in [0.1, 0.15) is 0 Å². The van der Waals surface area contributed by atoms with Crippen molar-refractivity contribution in [3.8, 4) is 0 Å². The van der Waals surface area contributed by atoms with E-state index in [-0.39, 0.29) is 0 Å². The summed E-state index contributed by atoms with van der Waals surface area (Å²) in [6, 6.07) is 15.9. The maximum absolute atomic E-state index is 2.41. The van der Waals surface area contributed by atoms with Gasteiger partial charge in [-0.1, -0.05) is 94.3 Å². The first kappa shape index (κ1) is 16.6. The van der Waals surface area contributed by atoms with Crippen LogP contribution in [0.15, 0.2) is 42.5 Å². The second-order valence-electron chi connectivity index (χ2n) is 7.42. The molecule has 0 spiro atoms. The van der Waals surface area contributed by atoms with Crippen molar-refractivity contribution in [3.63, 3.8) is 0 Å². The lowest BCUT2D eigenvalue weighted by Gasteiger charge is -2.33. The summed E-state index contributed by atoms with van der Waals surface area (Å²) < 4.78 is 0. The lowest BCUT2D eigenvalue weighted by Crippen LogP contribution is -2.18. The Hall–Kier alpha value is -1.30. The summed E-state index contributed by atoms with van der Waals surface area (Å²) in [7, 11) is 0. The highest BCUT2D eigenvalue weighted by Gasteiger charge is 2.27. The average molecular weight is 309 g/mol. The molecule has 0 N–H and O–H groups in total. The van der Waals surface area contributed by atoms with Gasteiger partial charge in [-0.25, -0.2) is 0 Å². The molecule has 0 nitrogen and oxygen atoms in total. The van der Waals surface area contributed by atoms with Crippen LogP contribution in [0.4, 0.5) is 0 Å². The first-order valence-corrected chi connectivity index (χ1v) is 9.88. The standard InChI is InChI=1S/C23H32/c1-2-3-4-5-6-12-19-13-7-9-16-21(19)23-18-11-15-20-14-8-10-17-22(20)23/h8,10-11,14-15,17-19,21H,2-7,9,12-13,16H2,1H3. The molecule has 0 aromatic heterocycles. The van der Waals surface area contributed by atoms with Crippen molar-refractivity contribution in [3.05, 3.63) is 48.0 Å². The van der Waals surface area contributed by atoms with Crippen LogP contribution in [0.25, 0.3) is 10.8 Å². The predicted molar refractivity (Wildman–Crippen MR) is 102 cm³/mol. The van der Waals surface area contributed by atoms with E-state index in [1.807, 2.05) is 0 Å². The molecule has 3 rings (SSSR count). The summed E-state index contributed by atoms with van der Waals surface area (Å²) in [4.78, 5) is 0. The third-order valence-corrected chi connectivity index (χ3v) is 5.81. The monoisotopic (exact) mass is 308 g/mol. The molecular weight excluding hydrogens is 276 g/mol. The maximum Gasteiger partial charge on any atom is -0.0127 e. The van der Waals surface area contributed by atoms with Gasteiger partial charge in [-0.2, -0.15) is 0 Å². The molecular formula is C23H32. The summed E-state index contributed by atoms with van der Waals surface area (Å²) >= 11 is 0. The van der Waals surface area contributed by atoms with Crippen LogP contribution in [0, 0.1) is 5.92 Å². The third-order valence-electron chi connectivity index (χ3n) is 5.81. The fourth-order valence-corrected chi connectivity index (χ4v) is 4.55. The van der Waals surface area contributed by atoms with Gasteiger partial charge in [-0.15, -0.1) is 0 Å². The SMILES string of the molecule is CCCCCCCC1CCCCC1c1cccc2ccccc12. The van der Waals surface area contributed by atoms with E-state index < -0.39 is 0 Å². The molecule has 1 aliphatic rings. The molecule has 124 valence electrons. The number of hydrogen-bond donors (Lipinski definition) is 0. The van der Waals surface area contributed by atoms with Crippen LogP contribution in [0.3, 0.4) is 0 Å². The van der Waals surface area contributed by atoms with Crippen LogP contribution in [0.1, 0.15) is 82.6 Å². The minimum absolute atomic E-state index is 0.793. The average Bonchev–Trinajstić information content (AvgIpc) is 2.61. The molecule has 0 heteroatoms. The Balaban J connectivity index is 1.72. The molecule has 1 saturated carbocycles. The molecule has 2 atom stereocenters. The first-order valence-electron chi connectivity index (χ1n) is 9.88. The van der Waals surface area contributed by atoms with Crippen molar-refractivity contribution in [2.45, 2.75) is 77.0 Å². The van der Waals surface area contributed by atoms with Gasteiger partial charge in [0.25, 0.3) is 0 Å². The molecule has 0 heterocycles. The Morgan fingerprint density at radius 1 is 0.826 bits per heavy atom. The van der Waals surface area contributed by atoms with E-state index in [9.17, 15) is 0 Å². The molecule has 2 aromatic carbocycles. The van der Waals surface area contributed by atoms with E-state index in [1.54, 1.807) is 5.56 Å². The van der Waals surface area contributed by atoms with Crippen LogP contribution >= 0.6 is 0 Å². The highest BCUT2D eigenvalue weighted by Crippen LogP contribution is 2.42. The van der Waals surface area contributed by atoms with E-state index in [2.05, 4.69) is 49.4 Å². The van der Waals surface area contributed by atoms with Crippen LogP contribution in [-0.4, -0.2) is 0 Å². The zero-order valence-corrected chi connectivity index (χ0v) is 14.8. The van der Waals surface area contributed by atoms with Gasteiger partial charge in [0.15, 0.2) is 0 Å². The number of rotatable bonds is 7. The molecule has 2 unspecified atom stereocenters. The van der Waals surface area contributed by atoms with E-state index >= 15 is 0 Å². The largest absolute Gasteiger partial charge is 0.0654 e. The topological polar surface area (TPSA) is 0 Å². The van der Waals surface area contributed by atoms with Gasteiger partial charge in [0, 0.05) is 0 Å². The summed E-state index contributed by atoms with van der Waals surface area (Å²) in [6.45, 7) is 2.30. The zero-order chi connectivity index (χ0) is 15.9. The van der Waals surface area contributed by atoms with Gasteiger partial charge in [-0.05, 0) is 47.4 Å². The quantitative estimate of drug-likeness (QED) is 0.465. The van der Waals surface area contributed by atoms with Crippen LogP contribution in [0.2, 0.25) is 0 Å². The van der Waals surface area contributed by atoms with Crippen molar-refractivity contribution >= 4 is 10.8 Å². The summed E-state index contributed by atoms with van der Waals surface area (Å²) in [5.41, 5.74) is 1.63. The van der Waals surface area contributed by atoms with Crippen molar-refractivity contribution in [2.24, 2.45) is 5.92 Å². The van der Waals surface area contributed by atoms with E-state index in [0.29, 0.717) is 0 Å². The Kier molecular flexibility index (Phi) is 6.13. The molecule has 0 amide bonds. The van der Waals surface area contributed by atoms with Crippen LogP contribution in [-0.2, 0) is 0 Å². The fraction of sp³-hybridized carbons (Fsp3) is 0.565. The van der Waals surface area contributed by atoms with Crippen LogP contribution < -0.4 is 0 Å². The number of fused-ring (bicyclic) bond motifs is 1. The van der Waals surface area contributed by atoms with Crippen molar-refractivity contribution in [1.29, 1.82) is 0 Å². The fourth-order valence-electron chi connectivity index (χ4n) is 4.55. The second-order valence-corrected chi connectivity index (χ2v) is 7.42. The lowest BCUT2D eigenvalue weighted by atomic mass is 9.72. The highest BCUT2D eigenvalue weighted by atomic mass is 14.3. The third kappa shape index (κ3) is 4.16. The number of benzene rings is 2. The Morgan fingerprint density at radius 2 is 1.61 bits per heavy atom. The van der Waals surface area contributed by atoms with Gasteiger partial charge < -0.3 is 0 Å². The predicted octanol–water partition coefficient (Wildman–Crippen LogP) is 7.47. The Morgan fingerprint density at radius 3 is 2.52 bits per heavy atom. The number of hydrogen-bond acceptors (Lipinski definition) is 0. The smallest absolute Gasteiger partial charge is 0.0127 e. The maximum atomic E-state index is 2.41. The summed E-state index contributed by atoms with van der Waals surface area (Å²) in [6.07, 6.45) is 14.2. The van der Waals surface area contributed by atoms with Gasteiger partial charge >= 0.3 is 0 Å². The minimum atomic E-state index is 0.793. The molecule has 0 aliphatic heterocycles. The van der Waals surface area contributed by atoms with Gasteiger partial charge in [-0.3, -0.25) is 0 Å². The Bertz CT molecular complexity index is 593. The van der Waals surface area contributed by atoms with Crippen molar-refractivity contribution < 1.29 is 0 Å². The molecule has 1 fully saturated rings. The lowest BCUT2D eigenvalue weighted by molar-refractivity contribution is 0.284. The molecule has 2 aromatic rings. The summed E-state index contributed by atoms with van der Waals surface area (Å²) in [5, 5.41) is 2.91. The van der Waals surface area contributed by atoms with Gasteiger partial charge in [0.2, 0.25) is 0 Å². The van der Waals surface area contributed by atoms with Crippen molar-refractivity contribution in [2.75, 3.05) is 0 Å². The number of unbranched alkanes of at least 4 members (excludes halogenated alkanes) is 4. The zero-order valence-electron chi connectivity index (χ0n) is 14.8. The minimum Gasteiger partial charge on any atom is -0.0654 e. The van der Waals surface area contributed by atoms with E-state index in [4.69, 9.17) is 0 Å². The van der Waals surface area contributed by atoms with E-state index in [1.165, 1.54) is 75.0 Å². The van der Waals surface area contributed by atoms with E-state index in [0.717, 1.165) is 11.8 Å². The Labute approximate surface area is 142 Å². The molecule has 0 bridgehead atoms. The van der Waals surface area contributed by atoms with Gasteiger partial charge in [0.05, 0.1) is 0 Å². The van der Waals surface area contributed by atoms with Crippen LogP contribution in [0.5, 0.6) is 0 Å².